The highest BCUT2D eigenvalue weighted by atomic mass is 32.2. The Morgan fingerprint density at radius 2 is 1.32 bits per heavy atom. The third kappa shape index (κ3) is 3.85. The lowest BCUT2D eigenvalue weighted by atomic mass is 9.95. The number of hydrogen-bond acceptors (Lipinski definition) is 3. The van der Waals surface area contributed by atoms with Gasteiger partial charge in [0.1, 0.15) is 0 Å². The van der Waals surface area contributed by atoms with Crippen LogP contribution in [0.4, 0.5) is 5.69 Å². The zero-order chi connectivity index (χ0) is 18.9. The van der Waals surface area contributed by atoms with Gasteiger partial charge in [0.25, 0.3) is 10.0 Å². The maximum absolute atomic E-state index is 12.9. The minimum absolute atomic E-state index is 0.127. The minimum Gasteiger partial charge on any atom is -0.369 e. The van der Waals surface area contributed by atoms with Crippen LogP contribution in [-0.4, -0.2) is 14.3 Å². The fraction of sp³-hybridized carbons (Fsp3) is 0.316. The van der Waals surface area contributed by atoms with Crippen molar-refractivity contribution in [3.63, 3.8) is 0 Å². The first-order valence-electron chi connectivity index (χ1n) is 8.01. The van der Waals surface area contributed by atoms with E-state index in [1.54, 1.807) is 24.3 Å². The zero-order valence-electron chi connectivity index (χ0n) is 15.2. The molecule has 6 heteroatoms. The number of anilines is 1. The van der Waals surface area contributed by atoms with E-state index < -0.39 is 15.9 Å². The molecule has 2 rings (SSSR count). The van der Waals surface area contributed by atoms with Crippen LogP contribution in [0.1, 0.15) is 33.4 Å². The number of carbonyl (C=O) groups is 1. The monoisotopic (exact) mass is 360 g/mol. The molecule has 5 nitrogen and oxygen atoms in total. The summed E-state index contributed by atoms with van der Waals surface area (Å²) in [5, 5.41) is 0. The van der Waals surface area contributed by atoms with Crippen LogP contribution in [0, 0.1) is 34.6 Å². The zero-order valence-corrected chi connectivity index (χ0v) is 16.0. The van der Waals surface area contributed by atoms with Crippen LogP contribution in [0.2, 0.25) is 0 Å². The molecule has 0 aromatic heterocycles. The Kier molecular flexibility index (Phi) is 5.23. The second-order valence-electron chi connectivity index (χ2n) is 6.40. The summed E-state index contributed by atoms with van der Waals surface area (Å²) in [6, 6.07) is 6.64. The number of hydrogen-bond donors (Lipinski definition) is 2. The summed E-state index contributed by atoms with van der Waals surface area (Å²) in [6.07, 6.45) is 0.127. The number of benzene rings is 2. The van der Waals surface area contributed by atoms with Gasteiger partial charge in [-0.05, 0) is 80.1 Å². The summed E-state index contributed by atoms with van der Waals surface area (Å²) in [5.41, 5.74) is 11.0. The molecule has 134 valence electrons. The van der Waals surface area contributed by atoms with Gasteiger partial charge in [-0.1, -0.05) is 12.1 Å². The van der Waals surface area contributed by atoms with Gasteiger partial charge in [-0.2, -0.15) is 0 Å². The Balaban J connectivity index is 2.42. The highest BCUT2D eigenvalue weighted by molar-refractivity contribution is 7.92. The van der Waals surface area contributed by atoms with Crippen molar-refractivity contribution in [2.24, 2.45) is 5.73 Å². The van der Waals surface area contributed by atoms with Gasteiger partial charge in [-0.25, -0.2) is 8.42 Å². The van der Waals surface area contributed by atoms with E-state index in [0.717, 1.165) is 33.4 Å². The molecule has 2 aromatic rings. The van der Waals surface area contributed by atoms with E-state index in [9.17, 15) is 13.2 Å². The Labute approximate surface area is 149 Å². The molecule has 0 saturated carbocycles. The van der Waals surface area contributed by atoms with Gasteiger partial charge < -0.3 is 5.73 Å². The molecule has 25 heavy (non-hydrogen) atoms. The normalized spacial score (nSPS) is 11.4. The van der Waals surface area contributed by atoms with Crippen LogP contribution in [-0.2, 0) is 21.2 Å². The molecule has 2 aromatic carbocycles. The molecule has 0 saturated heterocycles. The van der Waals surface area contributed by atoms with E-state index in [2.05, 4.69) is 4.72 Å². The highest BCUT2D eigenvalue weighted by Gasteiger charge is 2.23. The van der Waals surface area contributed by atoms with Crippen molar-refractivity contribution in [2.75, 3.05) is 4.72 Å². The molecule has 0 aliphatic carbocycles. The molecule has 0 spiro atoms. The first-order chi connectivity index (χ1) is 11.5. The average Bonchev–Trinajstić information content (AvgIpc) is 2.52. The van der Waals surface area contributed by atoms with Crippen molar-refractivity contribution >= 4 is 21.6 Å². The molecular formula is C19H24N2O3S. The Hall–Kier alpha value is -2.34. The van der Waals surface area contributed by atoms with Crippen LogP contribution in [0.25, 0.3) is 0 Å². The van der Waals surface area contributed by atoms with E-state index >= 15 is 0 Å². The van der Waals surface area contributed by atoms with Crippen molar-refractivity contribution in [3.8, 4) is 0 Å². The number of amides is 1. The fourth-order valence-electron chi connectivity index (χ4n) is 2.97. The van der Waals surface area contributed by atoms with Gasteiger partial charge in [-0.3, -0.25) is 9.52 Å². The van der Waals surface area contributed by atoms with Gasteiger partial charge in [0, 0.05) is 5.69 Å². The van der Waals surface area contributed by atoms with Gasteiger partial charge in [-0.15, -0.1) is 0 Å². The molecule has 0 heterocycles. The molecule has 0 fully saturated rings. The Bertz CT molecular complexity index is 901. The maximum Gasteiger partial charge on any atom is 0.262 e. The molecular weight excluding hydrogens is 336 g/mol. The average molecular weight is 360 g/mol. The van der Waals surface area contributed by atoms with Crippen LogP contribution in [0.5, 0.6) is 0 Å². The lowest BCUT2D eigenvalue weighted by molar-refractivity contribution is -0.117. The number of primary amides is 1. The fourth-order valence-corrected chi connectivity index (χ4v) is 4.63. The van der Waals surface area contributed by atoms with Crippen molar-refractivity contribution in [1.29, 1.82) is 0 Å². The standard InChI is InChI=1S/C19H24N2O3S/c1-11-12(2)14(4)19(15(5)13(11)3)25(23,24)21-17-8-6-16(7-9-17)10-18(20)22/h6-9,21H,10H2,1-5H3,(H2,20,22). The van der Waals surface area contributed by atoms with Gasteiger partial charge in [0.15, 0.2) is 0 Å². The van der Waals surface area contributed by atoms with E-state index in [0.29, 0.717) is 10.6 Å². The smallest absolute Gasteiger partial charge is 0.262 e. The first kappa shape index (κ1) is 19.0. The molecule has 0 bridgehead atoms. The summed E-state index contributed by atoms with van der Waals surface area (Å²) in [5.74, 6) is -0.426. The van der Waals surface area contributed by atoms with E-state index in [1.165, 1.54) is 0 Å². The number of nitrogens with two attached hydrogens (primary N) is 1. The molecule has 1 amide bonds. The molecule has 0 aliphatic heterocycles. The molecule has 0 aliphatic rings. The predicted molar refractivity (Wildman–Crippen MR) is 100 cm³/mol. The topological polar surface area (TPSA) is 89.3 Å². The summed E-state index contributed by atoms with van der Waals surface area (Å²) >= 11 is 0. The van der Waals surface area contributed by atoms with Gasteiger partial charge in [0.2, 0.25) is 5.91 Å². The van der Waals surface area contributed by atoms with Crippen LogP contribution in [0.15, 0.2) is 29.2 Å². The SMILES string of the molecule is Cc1c(C)c(C)c(S(=O)(=O)Nc2ccc(CC(N)=O)cc2)c(C)c1C. The first-order valence-corrected chi connectivity index (χ1v) is 9.50. The Morgan fingerprint density at radius 3 is 1.76 bits per heavy atom. The Morgan fingerprint density at radius 1 is 0.880 bits per heavy atom. The van der Waals surface area contributed by atoms with Crippen LogP contribution >= 0.6 is 0 Å². The predicted octanol–water partition coefficient (Wildman–Crippen LogP) is 3.06. The van der Waals surface area contributed by atoms with Crippen molar-refractivity contribution in [3.05, 3.63) is 57.6 Å². The number of rotatable bonds is 5. The van der Waals surface area contributed by atoms with E-state index in [-0.39, 0.29) is 6.42 Å². The number of carbonyl (C=O) groups excluding carboxylic acids is 1. The lowest BCUT2D eigenvalue weighted by Gasteiger charge is -2.19. The molecule has 3 N–H and O–H groups in total. The minimum atomic E-state index is -3.71. The van der Waals surface area contributed by atoms with Crippen LogP contribution in [0.3, 0.4) is 0 Å². The second-order valence-corrected chi connectivity index (χ2v) is 8.02. The number of nitrogens with one attached hydrogen (secondary N) is 1. The largest absolute Gasteiger partial charge is 0.369 e. The van der Waals surface area contributed by atoms with Gasteiger partial charge in [0.05, 0.1) is 11.3 Å². The third-order valence-electron chi connectivity index (χ3n) is 4.78. The highest BCUT2D eigenvalue weighted by Crippen LogP contribution is 2.30. The summed E-state index contributed by atoms with van der Waals surface area (Å²) in [4.78, 5) is 11.3. The summed E-state index contributed by atoms with van der Waals surface area (Å²) < 4.78 is 28.5. The van der Waals surface area contributed by atoms with Crippen molar-refractivity contribution in [1.82, 2.24) is 0 Å². The molecule has 0 radical (unpaired) electrons. The van der Waals surface area contributed by atoms with Crippen molar-refractivity contribution in [2.45, 2.75) is 45.9 Å². The lowest BCUT2D eigenvalue weighted by Crippen LogP contribution is -2.18. The molecule has 0 unspecified atom stereocenters. The maximum atomic E-state index is 12.9. The van der Waals surface area contributed by atoms with E-state index in [4.69, 9.17) is 5.73 Å². The van der Waals surface area contributed by atoms with Crippen LogP contribution < -0.4 is 10.5 Å². The van der Waals surface area contributed by atoms with Gasteiger partial charge >= 0.3 is 0 Å². The quantitative estimate of drug-likeness (QED) is 0.859. The number of sulfonamides is 1. The third-order valence-corrected chi connectivity index (χ3v) is 6.44. The second kappa shape index (κ2) is 6.88. The van der Waals surface area contributed by atoms with E-state index in [1.807, 2.05) is 34.6 Å². The summed E-state index contributed by atoms with van der Waals surface area (Å²) in [7, 11) is -3.71. The van der Waals surface area contributed by atoms with Crippen molar-refractivity contribution < 1.29 is 13.2 Å². The summed E-state index contributed by atoms with van der Waals surface area (Å²) in [6.45, 7) is 9.55. The molecule has 0 atom stereocenters.